The molecule has 1 aromatic heterocycles. The van der Waals surface area contributed by atoms with Crippen molar-refractivity contribution in [3.63, 3.8) is 0 Å². The highest BCUT2D eigenvalue weighted by atomic mass is 16.3. The highest BCUT2D eigenvalue weighted by Gasteiger charge is 2.33. The fraction of sp³-hybridized carbons (Fsp3) is 0.462. The molecule has 4 heteroatoms. The van der Waals surface area contributed by atoms with Crippen molar-refractivity contribution in [1.82, 2.24) is 5.32 Å². The number of rotatable bonds is 4. The Labute approximate surface area is 100 Å². The highest BCUT2D eigenvalue weighted by Crippen LogP contribution is 2.28. The molecule has 1 saturated carbocycles. The predicted molar refractivity (Wildman–Crippen MR) is 64.2 cm³/mol. The van der Waals surface area contributed by atoms with Gasteiger partial charge in [0.25, 0.3) is 0 Å². The summed E-state index contributed by atoms with van der Waals surface area (Å²) in [5.74, 6) is 0.460. The molecule has 0 atom stereocenters. The van der Waals surface area contributed by atoms with Crippen molar-refractivity contribution in [1.29, 1.82) is 0 Å². The van der Waals surface area contributed by atoms with Crippen molar-refractivity contribution in [3.8, 4) is 0 Å². The molecule has 17 heavy (non-hydrogen) atoms. The fourth-order valence-electron chi connectivity index (χ4n) is 2.22. The normalized spacial score (nSPS) is 18.6. The van der Waals surface area contributed by atoms with Crippen molar-refractivity contribution in [2.75, 3.05) is 6.61 Å². The standard InChI is InChI=1S/C13H17NO3/c15-10-13(7-1-2-8-13)14-12(16)6-5-11-4-3-9-17-11/h3-6,9,15H,1-2,7-8,10H2,(H,14,16)/b6-5+. The van der Waals surface area contributed by atoms with Crippen LogP contribution in [-0.2, 0) is 4.79 Å². The van der Waals surface area contributed by atoms with Crippen LogP contribution < -0.4 is 5.32 Å². The van der Waals surface area contributed by atoms with E-state index in [1.807, 2.05) is 0 Å². The lowest BCUT2D eigenvalue weighted by Crippen LogP contribution is -2.48. The van der Waals surface area contributed by atoms with Gasteiger partial charge < -0.3 is 14.8 Å². The average Bonchev–Trinajstić information content (AvgIpc) is 2.98. The number of furan rings is 1. The number of carbonyl (C=O) groups excluding carboxylic acids is 1. The molecule has 1 aromatic rings. The van der Waals surface area contributed by atoms with E-state index in [1.54, 1.807) is 24.5 Å². The zero-order chi connectivity index (χ0) is 12.1. The van der Waals surface area contributed by atoms with E-state index in [0.29, 0.717) is 5.76 Å². The molecule has 1 amide bonds. The Morgan fingerprint density at radius 3 is 2.88 bits per heavy atom. The largest absolute Gasteiger partial charge is 0.465 e. The van der Waals surface area contributed by atoms with Crippen LogP contribution in [0.4, 0.5) is 0 Å². The third kappa shape index (κ3) is 2.97. The molecule has 4 nitrogen and oxygen atoms in total. The van der Waals surface area contributed by atoms with Crippen LogP contribution in [0, 0.1) is 0 Å². The van der Waals surface area contributed by atoms with Crippen molar-refractivity contribution in [2.45, 2.75) is 31.2 Å². The quantitative estimate of drug-likeness (QED) is 0.781. The van der Waals surface area contributed by atoms with Gasteiger partial charge in [-0.05, 0) is 31.1 Å². The van der Waals surface area contributed by atoms with Gasteiger partial charge in [0.15, 0.2) is 0 Å². The Bertz CT molecular complexity index is 389. The number of aliphatic hydroxyl groups excluding tert-OH is 1. The van der Waals surface area contributed by atoms with E-state index in [9.17, 15) is 9.90 Å². The second-order valence-corrected chi connectivity index (χ2v) is 4.48. The number of hydrogen-bond donors (Lipinski definition) is 2. The first-order valence-electron chi connectivity index (χ1n) is 5.89. The number of nitrogens with one attached hydrogen (secondary N) is 1. The van der Waals surface area contributed by atoms with Crippen molar-refractivity contribution in [2.24, 2.45) is 0 Å². The number of carbonyl (C=O) groups is 1. The van der Waals surface area contributed by atoms with Gasteiger partial charge in [0.2, 0.25) is 5.91 Å². The van der Waals surface area contributed by atoms with Crippen LogP contribution in [0.15, 0.2) is 28.9 Å². The summed E-state index contributed by atoms with van der Waals surface area (Å²) in [6, 6.07) is 3.55. The molecule has 0 aromatic carbocycles. The molecule has 1 fully saturated rings. The van der Waals surface area contributed by atoms with Crippen LogP contribution in [0.2, 0.25) is 0 Å². The van der Waals surface area contributed by atoms with E-state index in [1.165, 1.54) is 6.08 Å². The predicted octanol–water partition coefficient (Wildman–Crippen LogP) is 1.71. The second kappa shape index (κ2) is 5.19. The summed E-state index contributed by atoms with van der Waals surface area (Å²) in [4.78, 5) is 11.7. The van der Waals surface area contributed by atoms with Gasteiger partial charge in [-0.15, -0.1) is 0 Å². The summed E-state index contributed by atoms with van der Waals surface area (Å²) in [5.41, 5.74) is -0.412. The van der Waals surface area contributed by atoms with Gasteiger partial charge in [0.1, 0.15) is 5.76 Å². The molecule has 0 spiro atoms. The van der Waals surface area contributed by atoms with Crippen LogP contribution in [0.5, 0.6) is 0 Å². The Morgan fingerprint density at radius 1 is 1.53 bits per heavy atom. The minimum absolute atomic E-state index is 0.00727. The first kappa shape index (κ1) is 11.9. The van der Waals surface area contributed by atoms with E-state index in [4.69, 9.17) is 4.42 Å². The van der Waals surface area contributed by atoms with E-state index in [-0.39, 0.29) is 12.5 Å². The molecule has 0 radical (unpaired) electrons. The third-order valence-electron chi connectivity index (χ3n) is 3.19. The van der Waals surface area contributed by atoms with Gasteiger partial charge in [0, 0.05) is 6.08 Å². The van der Waals surface area contributed by atoms with E-state index in [2.05, 4.69) is 5.32 Å². The summed E-state index contributed by atoms with van der Waals surface area (Å²) in [6.07, 6.45) is 8.44. The minimum Gasteiger partial charge on any atom is -0.465 e. The topological polar surface area (TPSA) is 62.5 Å². The van der Waals surface area contributed by atoms with E-state index >= 15 is 0 Å². The number of aliphatic hydroxyl groups is 1. The van der Waals surface area contributed by atoms with Crippen LogP contribution in [0.25, 0.3) is 6.08 Å². The van der Waals surface area contributed by atoms with Crippen molar-refractivity contribution in [3.05, 3.63) is 30.2 Å². The van der Waals surface area contributed by atoms with Crippen molar-refractivity contribution < 1.29 is 14.3 Å². The Morgan fingerprint density at radius 2 is 2.29 bits per heavy atom. The average molecular weight is 235 g/mol. The van der Waals surface area contributed by atoms with Gasteiger partial charge in [-0.1, -0.05) is 12.8 Å². The fourth-order valence-corrected chi connectivity index (χ4v) is 2.22. The maximum absolute atomic E-state index is 11.7. The summed E-state index contributed by atoms with van der Waals surface area (Å²) in [6.45, 7) is 0.00727. The molecule has 0 aliphatic heterocycles. The van der Waals surface area contributed by atoms with E-state index < -0.39 is 5.54 Å². The molecule has 0 bridgehead atoms. The second-order valence-electron chi connectivity index (χ2n) is 4.48. The maximum Gasteiger partial charge on any atom is 0.244 e. The Kier molecular flexibility index (Phi) is 3.64. The summed E-state index contributed by atoms with van der Waals surface area (Å²) in [5, 5.41) is 12.2. The molecule has 0 saturated heterocycles. The van der Waals surface area contributed by atoms with Gasteiger partial charge in [-0.2, -0.15) is 0 Å². The van der Waals surface area contributed by atoms with Crippen LogP contribution in [0.3, 0.4) is 0 Å². The number of amides is 1. The lowest BCUT2D eigenvalue weighted by molar-refractivity contribution is -0.118. The summed E-state index contributed by atoms with van der Waals surface area (Å²) < 4.78 is 5.09. The lowest BCUT2D eigenvalue weighted by atomic mass is 9.99. The molecule has 1 aliphatic carbocycles. The van der Waals surface area contributed by atoms with Crippen LogP contribution in [-0.4, -0.2) is 23.2 Å². The van der Waals surface area contributed by atoms with E-state index in [0.717, 1.165) is 25.7 Å². The lowest BCUT2D eigenvalue weighted by Gasteiger charge is -2.27. The molecule has 1 heterocycles. The maximum atomic E-state index is 11.7. The molecule has 1 aliphatic rings. The molecular weight excluding hydrogens is 218 g/mol. The molecule has 92 valence electrons. The Hall–Kier alpha value is -1.55. The Balaban J connectivity index is 1.92. The van der Waals surface area contributed by atoms with Gasteiger partial charge in [0.05, 0.1) is 18.4 Å². The van der Waals surface area contributed by atoms with Crippen molar-refractivity contribution >= 4 is 12.0 Å². The van der Waals surface area contributed by atoms with Crippen LogP contribution in [0.1, 0.15) is 31.4 Å². The molecular formula is C13H17NO3. The SMILES string of the molecule is O=C(/C=C/c1ccco1)NC1(CO)CCCC1. The first-order valence-corrected chi connectivity index (χ1v) is 5.89. The molecule has 2 rings (SSSR count). The van der Waals surface area contributed by atoms with Crippen LogP contribution >= 0.6 is 0 Å². The summed E-state index contributed by atoms with van der Waals surface area (Å²) >= 11 is 0. The zero-order valence-corrected chi connectivity index (χ0v) is 9.69. The first-order chi connectivity index (χ1) is 8.24. The number of hydrogen-bond acceptors (Lipinski definition) is 3. The third-order valence-corrected chi connectivity index (χ3v) is 3.19. The summed E-state index contributed by atoms with van der Waals surface area (Å²) in [7, 11) is 0. The zero-order valence-electron chi connectivity index (χ0n) is 9.69. The minimum atomic E-state index is -0.412. The molecule has 2 N–H and O–H groups in total. The smallest absolute Gasteiger partial charge is 0.244 e. The molecule has 0 unspecified atom stereocenters. The monoisotopic (exact) mass is 235 g/mol. The van der Waals surface area contributed by atoms with Gasteiger partial charge in [-0.3, -0.25) is 4.79 Å². The highest BCUT2D eigenvalue weighted by molar-refractivity contribution is 5.91. The van der Waals surface area contributed by atoms with Gasteiger partial charge in [-0.25, -0.2) is 0 Å². The van der Waals surface area contributed by atoms with Gasteiger partial charge >= 0.3 is 0 Å².